The van der Waals surface area contributed by atoms with Crippen molar-refractivity contribution in [3.8, 4) is 11.8 Å². The maximum Gasteiger partial charge on any atom is 0.416 e. The summed E-state index contributed by atoms with van der Waals surface area (Å²) >= 11 is 5.96. The third-order valence-corrected chi connectivity index (χ3v) is 5.65. The van der Waals surface area contributed by atoms with E-state index in [4.69, 9.17) is 16.3 Å². The highest BCUT2D eigenvalue weighted by Gasteiger charge is 2.31. The highest BCUT2D eigenvalue weighted by molar-refractivity contribution is 6.30. The summed E-state index contributed by atoms with van der Waals surface area (Å²) in [4.78, 5) is 42.3. The first-order valence-electron chi connectivity index (χ1n) is 10.5. The fourth-order valence-corrected chi connectivity index (χ4v) is 3.68. The van der Waals surface area contributed by atoms with Gasteiger partial charge < -0.3 is 10.1 Å². The zero-order chi connectivity index (χ0) is 26.2. The zero-order valence-electron chi connectivity index (χ0n) is 19.0. The van der Waals surface area contributed by atoms with Crippen molar-refractivity contribution in [2.45, 2.75) is 19.3 Å². The lowest BCUT2D eigenvalue weighted by Gasteiger charge is -2.12. The van der Waals surface area contributed by atoms with Gasteiger partial charge in [-0.1, -0.05) is 29.8 Å². The van der Waals surface area contributed by atoms with E-state index in [0.29, 0.717) is 10.6 Å². The summed E-state index contributed by atoms with van der Waals surface area (Å²) in [6, 6.07) is 10.6. The number of hydrogen-bond donors (Lipinski definition) is 1. The van der Waals surface area contributed by atoms with Gasteiger partial charge in [0.15, 0.2) is 11.2 Å². The minimum atomic E-state index is -4.60. The van der Waals surface area contributed by atoms with E-state index in [1.54, 1.807) is 24.3 Å². The van der Waals surface area contributed by atoms with Crippen LogP contribution in [-0.2, 0) is 31.1 Å². The van der Waals surface area contributed by atoms with Gasteiger partial charge in [-0.3, -0.25) is 18.7 Å². The maximum absolute atomic E-state index is 13.4. The highest BCUT2D eigenvalue weighted by atomic mass is 35.5. The summed E-state index contributed by atoms with van der Waals surface area (Å²) in [5.74, 6) is -0.745. The van der Waals surface area contributed by atoms with E-state index >= 15 is 0 Å². The molecule has 0 atom stereocenters. The van der Waals surface area contributed by atoms with Crippen LogP contribution in [0.1, 0.15) is 11.1 Å². The smallest absolute Gasteiger partial charge is 0.416 e. The number of aryl methyl sites for hydroxylation is 1. The Kier molecular flexibility index (Phi) is 6.63. The van der Waals surface area contributed by atoms with Crippen LogP contribution in [0.5, 0.6) is 11.8 Å². The van der Waals surface area contributed by atoms with E-state index in [9.17, 15) is 27.6 Å². The number of hydrogen-bond acceptors (Lipinski definition) is 5. The number of nitrogens with zero attached hydrogens (tertiary/aromatic N) is 4. The molecule has 0 aliphatic heterocycles. The Morgan fingerprint density at radius 3 is 2.44 bits per heavy atom. The first-order chi connectivity index (χ1) is 17.0. The quantitative estimate of drug-likeness (QED) is 0.420. The van der Waals surface area contributed by atoms with Crippen LogP contribution in [0.3, 0.4) is 0 Å². The van der Waals surface area contributed by atoms with Crippen LogP contribution >= 0.6 is 11.6 Å². The summed E-state index contributed by atoms with van der Waals surface area (Å²) in [5.41, 5.74) is -2.00. The van der Waals surface area contributed by atoms with Crippen molar-refractivity contribution < 1.29 is 22.7 Å². The molecule has 0 bridgehead atoms. The summed E-state index contributed by atoms with van der Waals surface area (Å²) < 4.78 is 48.4. The SMILES string of the molecule is CNC(=O)Cn1c(=O)c2c(nc(Oc3cccc(C(F)(F)F)c3)n2Cc2ccc(Cl)cc2)n(C)c1=O. The minimum Gasteiger partial charge on any atom is -0.425 e. The second kappa shape index (κ2) is 9.53. The molecule has 13 heteroatoms. The van der Waals surface area contributed by atoms with Gasteiger partial charge in [-0.2, -0.15) is 18.2 Å². The van der Waals surface area contributed by atoms with E-state index in [1.807, 2.05) is 0 Å². The number of carbonyl (C=O) groups excluding carboxylic acids is 1. The normalized spacial score (nSPS) is 11.6. The second-order valence-electron chi connectivity index (χ2n) is 7.81. The van der Waals surface area contributed by atoms with Gasteiger partial charge in [0.2, 0.25) is 5.91 Å². The predicted molar refractivity (Wildman–Crippen MR) is 125 cm³/mol. The van der Waals surface area contributed by atoms with Crippen molar-refractivity contribution in [3.63, 3.8) is 0 Å². The average Bonchev–Trinajstić information content (AvgIpc) is 3.19. The molecule has 4 aromatic rings. The molecule has 0 unspecified atom stereocenters. The molecule has 36 heavy (non-hydrogen) atoms. The average molecular weight is 522 g/mol. The van der Waals surface area contributed by atoms with Crippen LogP contribution in [0.25, 0.3) is 11.2 Å². The van der Waals surface area contributed by atoms with Gasteiger partial charge in [-0.25, -0.2) is 9.36 Å². The van der Waals surface area contributed by atoms with Crippen molar-refractivity contribution in [1.29, 1.82) is 0 Å². The molecule has 0 fully saturated rings. The van der Waals surface area contributed by atoms with E-state index < -0.39 is 35.4 Å². The maximum atomic E-state index is 13.4. The molecule has 2 aromatic carbocycles. The van der Waals surface area contributed by atoms with Gasteiger partial charge in [0.1, 0.15) is 12.3 Å². The van der Waals surface area contributed by atoms with Crippen molar-refractivity contribution in [2.24, 2.45) is 7.05 Å². The Balaban J connectivity index is 1.93. The summed E-state index contributed by atoms with van der Waals surface area (Å²) in [6.07, 6.45) is -4.60. The summed E-state index contributed by atoms with van der Waals surface area (Å²) in [7, 11) is 2.72. The summed E-state index contributed by atoms with van der Waals surface area (Å²) in [6.45, 7) is -0.525. The lowest BCUT2D eigenvalue weighted by molar-refractivity contribution is -0.137. The van der Waals surface area contributed by atoms with Crippen molar-refractivity contribution in [1.82, 2.24) is 24.0 Å². The Labute approximate surface area is 206 Å². The number of rotatable bonds is 6. The monoisotopic (exact) mass is 521 g/mol. The number of imidazole rings is 1. The van der Waals surface area contributed by atoms with Gasteiger partial charge >= 0.3 is 17.9 Å². The van der Waals surface area contributed by atoms with Crippen molar-refractivity contribution in [3.05, 3.63) is 85.5 Å². The van der Waals surface area contributed by atoms with Crippen LogP contribution in [0.15, 0.2) is 58.1 Å². The zero-order valence-corrected chi connectivity index (χ0v) is 19.7. The molecule has 0 aliphatic rings. The lowest BCUT2D eigenvalue weighted by atomic mass is 10.2. The fraction of sp³-hybridized carbons (Fsp3) is 0.217. The topological polar surface area (TPSA) is 100 Å². The molecular weight excluding hydrogens is 503 g/mol. The Bertz CT molecular complexity index is 1570. The lowest BCUT2D eigenvalue weighted by Crippen LogP contribution is -2.43. The summed E-state index contributed by atoms with van der Waals surface area (Å²) in [5, 5.41) is 2.83. The first-order valence-corrected chi connectivity index (χ1v) is 10.9. The molecule has 1 amide bonds. The number of nitrogens with one attached hydrogen (secondary N) is 1. The molecule has 9 nitrogen and oxygen atoms in total. The largest absolute Gasteiger partial charge is 0.425 e. The van der Waals surface area contributed by atoms with Crippen molar-refractivity contribution in [2.75, 3.05) is 7.05 Å². The predicted octanol–water partition coefficient (Wildman–Crippen LogP) is 3.16. The Morgan fingerprint density at radius 1 is 1.11 bits per heavy atom. The molecule has 0 saturated heterocycles. The molecule has 2 heterocycles. The van der Waals surface area contributed by atoms with Crippen LogP contribution < -0.4 is 21.3 Å². The number of likely N-dealkylation sites (N-methyl/N-ethyl adjacent to an activating group) is 1. The standard InChI is InChI=1S/C23H19ClF3N5O4/c1-28-17(33)12-32-20(34)18-19(30(2)22(32)35)29-21(31(18)11-13-6-8-15(24)9-7-13)36-16-5-3-4-14(10-16)23(25,26)27/h3-10H,11-12H2,1-2H3,(H,28,33). The first kappa shape index (κ1) is 25.0. The number of amides is 1. The number of alkyl halides is 3. The van der Waals surface area contributed by atoms with Crippen LogP contribution in [0, 0.1) is 0 Å². The van der Waals surface area contributed by atoms with Gasteiger partial charge in [-0.05, 0) is 35.9 Å². The van der Waals surface area contributed by atoms with Gasteiger partial charge in [0, 0.05) is 19.1 Å². The molecule has 1 N–H and O–H groups in total. The van der Waals surface area contributed by atoms with E-state index in [0.717, 1.165) is 21.3 Å². The third kappa shape index (κ3) is 4.85. The van der Waals surface area contributed by atoms with Gasteiger partial charge in [-0.15, -0.1) is 0 Å². The molecule has 0 spiro atoms. The molecule has 188 valence electrons. The third-order valence-electron chi connectivity index (χ3n) is 5.40. The van der Waals surface area contributed by atoms with E-state index in [2.05, 4.69) is 10.3 Å². The molecule has 2 aromatic heterocycles. The van der Waals surface area contributed by atoms with Gasteiger partial charge in [0.25, 0.3) is 5.56 Å². The Morgan fingerprint density at radius 2 is 1.81 bits per heavy atom. The molecule has 0 radical (unpaired) electrons. The molecule has 4 rings (SSSR count). The van der Waals surface area contributed by atoms with E-state index in [-0.39, 0.29) is 29.5 Å². The highest BCUT2D eigenvalue weighted by Crippen LogP contribution is 2.33. The number of carbonyl (C=O) groups is 1. The second-order valence-corrected chi connectivity index (χ2v) is 8.25. The number of halogens is 4. The minimum absolute atomic E-state index is 0.00931. The van der Waals surface area contributed by atoms with Crippen molar-refractivity contribution >= 4 is 28.7 Å². The number of fused-ring (bicyclic) bond motifs is 1. The number of ether oxygens (including phenoxy) is 1. The molecule has 0 aliphatic carbocycles. The van der Waals surface area contributed by atoms with Crippen LogP contribution in [0.2, 0.25) is 5.02 Å². The number of aromatic nitrogens is 4. The van der Waals surface area contributed by atoms with Crippen LogP contribution in [-0.4, -0.2) is 31.6 Å². The van der Waals surface area contributed by atoms with E-state index in [1.165, 1.54) is 30.8 Å². The van der Waals surface area contributed by atoms with Crippen LogP contribution in [0.4, 0.5) is 13.2 Å². The number of benzene rings is 2. The van der Waals surface area contributed by atoms with Gasteiger partial charge in [0.05, 0.1) is 12.1 Å². The molecular formula is C23H19ClF3N5O4. The Hall–Kier alpha value is -4.06. The molecule has 0 saturated carbocycles. The fourth-order valence-electron chi connectivity index (χ4n) is 3.55.